The molecule has 0 heterocycles. The van der Waals surface area contributed by atoms with E-state index < -0.39 is 5.97 Å². The molecule has 0 aromatic heterocycles. The summed E-state index contributed by atoms with van der Waals surface area (Å²) in [6.45, 7) is 1.83. The number of carbonyl (C=O) groups excluding carboxylic acids is 1. The van der Waals surface area contributed by atoms with Gasteiger partial charge in [0.15, 0.2) is 0 Å². The highest BCUT2D eigenvalue weighted by Crippen LogP contribution is 2.09. The van der Waals surface area contributed by atoms with Crippen LogP contribution in [0.5, 0.6) is 0 Å². The van der Waals surface area contributed by atoms with E-state index in [9.17, 15) is 4.79 Å². The maximum atomic E-state index is 11.1. The summed E-state index contributed by atoms with van der Waals surface area (Å²) in [6.07, 6.45) is 0. The SMILES string of the molecule is COC(=O)c1cc(C)cc(C#N)c1. The van der Waals surface area contributed by atoms with E-state index in [-0.39, 0.29) is 0 Å². The molecule has 0 fully saturated rings. The molecule has 0 aliphatic rings. The van der Waals surface area contributed by atoms with Gasteiger partial charge in [-0.15, -0.1) is 0 Å². The van der Waals surface area contributed by atoms with E-state index in [1.807, 2.05) is 13.0 Å². The molecule has 1 rings (SSSR count). The number of aryl methyl sites for hydroxylation is 1. The van der Waals surface area contributed by atoms with Crippen molar-refractivity contribution in [3.05, 3.63) is 34.9 Å². The lowest BCUT2D eigenvalue weighted by Crippen LogP contribution is -2.01. The third kappa shape index (κ3) is 2.06. The van der Waals surface area contributed by atoms with Crippen molar-refractivity contribution >= 4 is 5.97 Å². The molecular weight excluding hydrogens is 166 g/mol. The number of carbonyl (C=O) groups is 1. The average Bonchev–Trinajstić information content (AvgIpc) is 2.15. The van der Waals surface area contributed by atoms with Gasteiger partial charge < -0.3 is 4.74 Å². The second-order valence-electron chi connectivity index (χ2n) is 2.69. The Kier molecular flexibility index (Phi) is 2.65. The lowest BCUT2D eigenvalue weighted by atomic mass is 10.1. The zero-order valence-electron chi connectivity index (χ0n) is 7.50. The van der Waals surface area contributed by atoms with Gasteiger partial charge in [-0.3, -0.25) is 0 Å². The third-order valence-electron chi connectivity index (χ3n) is 1.63. The molecule has 0 unspecified atom stereocenters. The zero-order valence-corrected chi connectivity index (χ0v) is 7.50. The number of esters is 1. The molecule has 0 aliphatic heterocycles. The Hall–Kier alpha value is -1.82. The number of rotatable bonds is 1. The highest BCUT2D eigenvalue weighted by Gasteiger charge is 2.06. The Bertz CT molecular complexity index is 377. The highest BCUT2D eigenvalue weighted by atomic mass is 16.5. The Morgan fingerprint density at radius 3 is 2.69 bits per heavy atom. The number of hydrogen-bond acceptors (Lipinski definition) is 3. The van der Waals surface area contributed by atoms with E-state index in [1.165, 1.54) is 13.2 Å². The van der Waals surface area contributed by atoms with Crippen LogP contribution in [0.25, 0.3) is 0 Å². The van der Waals surface area contributed by atoms with Crippen molar-refractivity contribution in [2.45, 2.75) is 6.92 Å². The van der Waals surface area contributed by atoms with Gasteiger partial charge in [0, 0.05) is 0 Å². The maximum absolute atomic E-state index is 11.1. The van der Waals surface area contributed by atoms with Gasteiger partial charge in [0.25, 0.3) is 0 Å². The van der Waals surface area contributed by atoms with Crippen LogP contribution in [-0.2, 0) is 4.74 Å². The largest absolute Gasteiger partial charge is 0.465 e. The number of nitriles is 1. The van der Waals surface area contributed by atoms with E-state index in [2.05, 4.69) is 4.74 Å². The molecule has 0 radical (unpaired) electrons. The zero-order chi connectivity index (χ0) is 9.84. The van der Waals surface area contributed by atoms with Crippen LogP contribution in [0, 0.1) is 18.3 Å². The van der Waals surface area contributed by atoms with E-state index in [0.29, 0.717) is 11.1 Å². The normalized spacial score (nSPS) is 9.00. The van der Waals surface area contributed by atoms with Crippen molar-refractivity contribution in [1.82, 2.24) is 0 Å². The van der Waals surface area contributed by atoms with Gasteiger partial charge in [-0.25, -0.2) is 4.79 Å². The fraction of sp³-hybridized carbons (Fsp3) is 0.200. The number of benzene rings is 1. The van der Waals surface area contributed by atoms with E-state index in [1.54, 1.807) is 12.1 Å². The monoisotopic (exact) mass is 175 g/mol. The summed E-state index contributed by atoms with van der Waals surface area (Å²) in [5.41, 5.74) is 1.76. The topological polar surface area (TPSA) is 50.1 Å². The first-order chi connectivity index (χ1) is 6.17. The Balaban J connectivity index is 3.17. The van der Waals surface area contributed by atoms with Crippen molar-refractivity contribution < 1.29 is 9.53 Å². The predicted octanol–water partition coefficient (Wildman–Crippen LogP) is 1.65. The lowest BCUT2D eigenvalue weighted by molar-refractivity contribution is 0.0600. The molecule has 3 heteroatoms. The summed E-state index contributed by atoms with van der Waals surface area (Å²) < 4.78 is 4.54. The lowest BCUT2D eigenvalue weighted by Gasteiger charge is -2.00. The summed E-state index contributed by atoms with van der Waals surface area (Å²) in [5.74, 6) is -0.416. The molecular formula is C10H9NO2. The van der Waals surface area contributed by atoms with Crippen LogP contribution in [0.3, 0.4) is 0 Å². The summed E-state index contributed by atoms with van der Waals surface area (Å²) >= 11 is 0. The van der Waals surface area contributed by atoms with Gasteiger partial charge in [0.2, 0.25) is 0 Å². The van der Waals surface area contributed by atoms with Crippen molar-refractivity contribution in [3.63, 3.8) is 0 Å². The fourth-order valence-corrected chi connectivity index (χ4v) is 1.08. The second-order valence-corrected chi connectivity index (χ2v) is 2.69. The molecule has 0 N–H and O–H groups in total. The fourth-order valence-electron chi connectivity index (χ4n) is 1.08. The standard InChI is InChI=1S/C10H9NO2/c1-7-3-8(6-11)5-9(4-7)10(12)13-2/h3-5H,1-2H3. The first-order valence-electron chi connectivity index (χ1n) is 3.77. The van der Waals surface area contributed by atoms with Crippen molar-refractivity contribution in [2.75, 3.05) is 7.11 Å². The smallest absolute Gasteiger partial charge is 0.337 e. The molecule has 0 bridgehead atoms. The van der Waals surface area contributed by atoms with Crippen molar-refractivity contribution in [3.8, 4) is 6.07 Å². The number of hydrogen-bond donors (Lipinski definition) is 0. The summed E-state index contributed by atoms with van der Waals surface area (Å²) in [4.78, 5) is 11.1. The minimum absolute atomic E-state index is 0.416. The van der Waals surface area contributed by atoms with Gasteiger partial charge in [-0.1, -0.05) is 0 Å². The van der Waals surface area contributed by atoms with Crippen molar-refractivity contribution in [1.29, 1.82) is 5.26 Å². The van der Waals surface area contributed by atoms with Crippen molar-refractivity contribution in [2.24, 2.45) is 0 Å². The molecule has 3 nitrogen and oxygen atoms in total. The van der Waals surface area contributed by atoms with Gasteiger partial charge in [0.05, 0.1) is 24.3 Å². The van der Waals surface area contributed by atoms with Gasteiger partial charge in [-0.05, 0) is 30.7 Å². The molecule has 1 aromatic carbocycles. The molecule has 0 amide bonds. The Labute approximate surface area is 76.6 Å². The number of methoxy groups -OCH3 is 1. The minimum atomic E-state index is -0.416. The number of ether oxygens (including phenoxy) is 1. The Morgan fingerprint density at radius 2 is 2.15 bits per heavy atom. The molecule has 0 aliphatic carbocycles. The van der Waals surface area contributed by atoms with Crippen LogP contribution in [0.15, 0.2) is 18.2 Å². The Morgan fingerprint density at radius 1 is 1.46 bits per heavy atom. The second kappa shape index (κ2) is 3.72. The molecule has 66 valence electrons. The van der Waals surface area contributed by atoms with Crippen LogP contribution in [0.1, 0.15) is 21.5 Å². The van der Waals surface area contributed by atoms with Gasteiger partial charge in [0.1, 0.15) is 0 Å². The molecule has 0 spiro atoms. The molecule has 13 heavy (non-hydrogen) atoms. The van der Waals surface area contributed by atoms with Crippen LogP contribution in [0.4, 0.5) is 0 Å². The van der Waals surface area contributed by atoms with E-state index in [0.717, 1.165) is 5.56 Å². The minimum Gasteiger partial charge on any atom is -0.465 e. The van der Waals surface area contributed by atoms with Gasteiger partial charge >= 0.3 is 5.97 Å². The third-order valence-corrected chi connectivity index (χ3v) is 1.63. The molecule has 0 saturated heterocycles. The first kappa shape index (κ1) is 9.27. The first-order valence-corrected chi connectivity index (χ1v) is 3.77. The van der Waals surface area contributed by atoms with Crippen LogP contribution >= 0.6 is 0 Å². The summed E-state index contributed by atoms with van der Waals surface area (Å²) in [5, 5.41) is 8.64. The predicted molar refractivity (Wildman–Crippen MR) is 47.2 cm³/mol. The summed E-state index contributed by atoms with van der Waals surface area (Å²) in [6, 6.07) is 6.89. The quantitative estimate of drug-likeness (QED) is 0.610. The molecule has 0 saturated carbocycles. The van der Waals surface area contributed by atoms with Crippen LogP contribution in [-0.4, -0.2) is 13.1 Å². The number of nitrogens with zero attached hydrogens (tertiary/aromatic N) is 1. The molecule has 0 atom stereocenters. The van der Waals surface area contributed by atoms with E-state index >= 15 is 0 Å². The van der Waals surface area contributed by atoms with Gasteiger partial charge in [-0.2, -0.15) is 5.26 Å². The van der Waals surface area contributed by atoms with E-state index in [4.69, 9.17) is 5.26 Å². The van der Waals surface area contributed by atoms with Crippen LogP contribution in [0.2, 0.25) is 0 Å². The molecule has 1 aromatic rings. The van der Waals surface area contributed by atoms with Crippen LogP contribution < -0.4 is 0 Å². The average molecular weight is 175 g/mol. The maximum Gasteiger partial charge on any atom is 0.337 e. The summed E-state index contributed by atoms with van der Waals surface area (Å²) in [7, 11) is 1.32. The highest BCUT2D eigenvalue weighted by molar-refractivity contribution is 5.89.